The summed E-state index contributed by atoms with van der Waals surface area (Å²) in [5, 5.41) is 0. The van der Waals surface area contributed by atoms with Crippen LogP contribution in [0.2, 0.25) is 0 Å². The first kappa shape index (κ1) is 25.7. The summed E-state index contributed by atoms with van der Waals surface area (Å²) in [6, 6.07) is 0. The maximum atomic E-state index is 11.2. The largest absolute Gasteiger partial charge is 0.558 e. The number of alkyl halides is 5. The van der Waals surface area contributed by atoms with E-state index in [1.165, 1.54) is 57.9 Å². The third kappa shape index (κ3) is 10.00. The molecule has 0 N–H and O–H groups in total. The van der Waals surface area contributed by atoms with Crippen LogP contribution in [-0.2, 0) is 13.6 Å². The molecule has 0 amide bonds. The van der Waals surface area contributed by atoms with Crippen molar-refractivity contribution in [3.8, 4) is 0 Å². The second-order valence-corrected chi connectivity index (χ2v) is 6.49. The fourth-order valence-electron chi connectivity index (χ4n) is 2.25. The Morgan fingerprint density at radius 3 is 1.67 bits per heavy atom. The molecular weight excluding hydrogens is 383 g/mol. The molecule has 160 valence electrons. The Kier molecular flexibility index (Phi) is 11.0. The van der Waals surface area contributed by atoms with Crippen molar-refractivity contribution in [3.05, 3.63) is 18.7 Å². The molecular formula is C16H27BF8N2. The molecule has 0 bridgehead atoms. The van der Waals surface area contributed by atoms with Gasteiger partial charge >= 0.3 is 19.0 Å². The van der Waals surface area contributed by atoms with Crippen LogP contribution < -0.4 is 4.57 Å². The van der Waals surface area contributed by atoms with Gasteiger partial charge in [-0.15, -0.1) is 0 Å². The maximum absolute atomic E-state index is 11.2. The standard InChI is InChI=1S/C14H27N2.C2BF8/c1-3-4-5-6-7-8-9-10-11-16-13-12-15(2)14-16;4-1(5,2(6,7)8)3(9,10)11/h12-14H,3-11H2,1-2H3;/q+1;-1. The Morgan fingerprint density at radius 1 is 0.852 bits per heavy atom. The molecule has 0 fully saturated rings. The van der Waals surface area contributed by atoms with E-state index in [2.05, 4.69) is 41.8 Å². The third-order valence-corrected chi connectivity index (χ3v) is 3.88. The van der Waals surface area contributed by atoms with Gasteiger partial charge in [-0.3, -0.25) is 0 Å². The minimum absolute atomic E-state index is 1.18. The summed E-state index contributed by atoms with van der Waals surface area (Å²) in [4.78, 5) is 0. The van der Waals surface area contributed by atoms with E-state index in [0.29, 0.717) is 0 Å². The van der Waals surface area contributed by atoms with E-state index in [4.69, 9.17) is 0 Å². The first-order valence-electron chi connectivity index (χ1n) is 8.97. The number of hydrogen-bond acceptors (Lipinski definition) is 0. The van der Waals surface area contributed by atoms with E-state index in [1.807, 2.05) is 0 Å². The van der Waals surface area contributed by atoms with Gasteiger partial charge in [0, 0.05) is 0 Å². The Morgan fingerprint density at radius 2 is 1.33 bits per heavy atom. The summed E-state index contributed by atoms with van der Waals surface area (Å²) >= 11 is 0. The average molecular weight is 410 g/mol. The van der Waals surface area contributed by atoms with Crippen molar-refractivity contribution in [1.29, 1.82) is 0 Å². The van der Waals surface area contributed by atoms with Gasteiger partial charge in [-0.2, -0.15) is 13.2 Å². The predicted octanol–water partition coefficient (Wildman–Crippen LogP) is 6.02. The van der Waals surface area contributed by atoms with Crippen molar-refractivity contribution in [2.75, 3.05) is 0 Å². The highest BCUT2D eigenvalue weighted by Crippen LogP contribution is 2.44. The van der Waals surface area contributed by atoms with Crippen LogP contribution >= 0.6 is 0 Å². The highest BCUT2D eigenvalue weighted by Gasteiger charge is 2.69. The van der Waals surface area contributed by atoms with Crippen LogP contribution in [0.15, 0.2) is 18.7 Å². The minimum atomic E-state index is -7.21. The van der Waals surface area contributed by atoms with Crippen molar-refractivity contribution in [2.45, 2.75) is 76.8 Å². The molecule has 0 aromatic carbocycles. The lowest BCUT2D eigenvalue weighted by Gasteiger charge is -2.28. The van der Waals surface area contributed by atoms with Gasteiger partial charge in [0.2, 0.25) is 6.33 Å². The summed E-state index contributed by atoms with van der Waals surface area (Å²) in [6.07, 6.45) is 11.0. The maximum Gasteiger partial charge on any atom is 0.558 e. The van der Waals surface area contributed by atoms with E-state index in [-0.39, 0.29) is 0 Å². The molecule has 0 unspecified atom stereocenters. The molecule has 0 aliphatic carbocycles. The summed E-state index contributed by atoms with van der Waals surface area (Å²) in [5.41, 5.74) is 0. The van der Waals surface area contributed by atoms with Crippen molar-refractivity contribution in [2.24, 2.45) is 7.05 Å². The second-order valence-electron chi connectivity index (χ2n) is 6.49. The molecule has 11 heteroatoms. The normalized spacial score (nSPS) is 12.7. The van der Waals surface area contributed by atoms with Crippen molar-refractivity contribution >= 4 is 6.98 Å². The monoisotopic (exact) mass is 410 g/mol. The molecule has 0 aliphatic heterocycles. The molecule has 0 aliphatic rings. The number of nitrogens with zero attached hydrogens (tertiary/aromatic N) is 2. The van der Waals surface area contributed by atoms with Crippen molar-refractivity contribution in [1.82, 2.24) is 4.57 Å². The number of unbranched alkanes of at least 4 members (excludes halogenated alkanes) is 7. The predicted molar refractivity (Wildman–Crippen MR) is 88.3 cm³/mol. The summed E-state index contributed by atoms with van der Waals surface area (Å²) in [5.74, 6) is -6.56. The van der Waals surface area contributed by atoms with E-state index < -0.39 is 19.0 Å². The minimum Gasteiger partial charge on any atom is -0.445 e. The van der Waals surface area contributed by atoms with E-state index in [1.54, 1.807) is 0 Å². The van der Waals surface area contributed by atoms with Crippen LogP contribution in [0.25, 0.3) is 0 Å². The number of aryl methyl sites for hydroxylation is 2. The molecule has 0 spiro atoms. The molecule has 0 atom stereocenters. The first-order chi connectivity index (χ1) is 12.3. The lowest BCUT2D eigenvalue weighted by atomic mass is 9.80. The van der Waals surface area contributed by atoms with Gasteiger partial charge in [0.15, 0.2) is 0 Å². The molecule has 1 rings (SSSR count). The summed E-state index contributed by atoms with van der Waals surface area (Å²) in [6.45, 7) is -3.76. The van der Waals surface area contributed by atoms with Gasteiger partial charge < -0.3 is 12.9 Å². The lowest BCUT2D eigenvalue weighted by molar-refractivity contribution is -0.671. The lowest BCUT2D eigenvalue weighted by Crippen LogP contribution is -2.53. The van der Waals surface area contributed by atoms with Crippen LogP contribution in [-0.4, -0.2) is 23.5 Å². The summed E-state index contributed by atoms with van der Waals surface area (Å²) < 4.78 is 92.2. The SMILES string of the molecule is CCCCCCCCCCn1cc[n+](C)c1.F[B-](F)(F)C(F)(F)C(F)(F)F. The van der Waals surface area contributed by atoms with Crippen molar-refractivity contribution < 1.29 is 39.5 Å². The zero-order chi connectivity index (χ0) is 21.1. The Hall–Kier alpha value is -1.29. The van der Waals surface area contributed by atoms with Crippen LogP contribution in [0.3, 0.4) is 0 Å². The second kappa shape index (κ2) is 11.5. The smallest absolute Gasteiger partial charge is 0.445 e. The van der Waals surface area contributed by atoms with Gasteiger partial charge in [0.05, 0.1) is 13.6 Å². The van der Waals surface area contributed by atoms with Crippen LogP contribution in [0.4, 0.5) is 34.9 Å². The topological polar surface area (TPSA) is 8.81 Å². The molecule has 0 saturated heterocycles. The van der Waals surface area contributed by atoms with Crippen LogP contribution in [0.1, 0.15) is 58.3 Å². The van der Waals surface area contributed by atoms with Crippen LogP contribution in [0, 0.1) is 0 Å². The van der Waals surface area contributed by atoms with Crippen molar-refractivity contribution in [3.63, 3.8) is 0 Å². The first-order valence-corrected chi connectivity index (χ1v) is 8.97. The Balaban J connectivity index is 0.000000541. The number of halogens is 8. The van der Waals surface area contributed by atoms with Gasteiger partial charge in [-0.05, 0) is 12.8 Å². The molecule has 1 heterocycles. The van der Waals surface area contributed by atoms with E-state index >= 15 is 0 Å². The van der Waals surface area contributed by atoms with Gasteiger partial charge in [0.1, 0.15) is 12.4 Å². The number of imidazole rings is 1. The van der Waals surface area contributed by atoms with Crippen LogP contribution in [0.5, 0.6) is 0 Å². The van der Waals surface area contributed by atoms with Gasteiger partial charge in [0.25, 0.3) is 0 Å². The third-order valence-electron chi connectivity index (χ3n) is 3.88. The molecule has 1 aromatic rings. The summed E-state index contributed by atoms with van der Waals surface area (Å²) in [7, 11) is 2.07. The fourth-order valence-corrected chi connectivity index (χ4v) is 2.25. The number of rotatable bonds is 10. The molecule has 0 radical (unpaired) electrons. The number of hydrogen-bond donors (Lipinski definition) is 0. The number of aromatic nitrogens is 2. The Bertz CT molecular complexity index is 495. The fraction of sp³-hybridized carbons (Fsp3) is 0.812. The molecule has 2 nitrogen and oxygen atoms in total. The zero-order valence-electron chi connectivity index (χ0n) is 15.6. The zero-order valence-corrected chi connectivity index (χ0v) is 15.6. The average Bonchev–Trinajstić information content (AvgIpc) is 2.94. The van der Waals surface area contributed by atoms with E-state index in [9.17, 15) is 34.9 Å². The molecule has 1 aromatic heterocycles. The van der Waals surface area contributed by atoms with Gasteiger partial charge in [-0.1, -0.05) is 45.4 Å². The quantitative estimate of drug-likeness (QED) is 0.193. The van der Waals surface area contributed by atoms with E-state index in [0.717, 1.165) is 0 Å². The molecule has 27 heavy (non-hydrogen) atoms. The van der Waals surface area contributed by atoms with Gasteiger partial charge in [-0.25, -0.2) is 17.9 Å². The highest BCUT2D eigenvalue weighted by atomic mass is 19.4. The molecule has 0 saturated carbocycles. The Labute approximate surface area is 154 Å². The highest BCUT2D eigenvalue weighted by molar-refractivity contribution is 6.61.